The van der Waals surface area contributed by atoms with Crippen molar-refractivity contribution >= 4 is 16.8 Å². The molecule has 7 heteroatoms. The van der Waals surface area contributed by atoms with Gasteiger partial charge >= 0.3 is 0 Å². The Bertz CT molecular complexity index is 979. The number of morpholine rings is 1. The molecule has 2 fully saturated rings. The Balaban J connectivity index is 1.42. The second-order valence-corrected chi connectivity index (χ2v) is 9.35. The van der Waals surface area contributed by atoms with Crippen LogP contribution in [0.3, 0.4) is 0 Å². The third-order valence-electron chi connectivity index (χ3n) is 6.78. The fourth-order valence-corrected chi connectivity index (χ4v) is 4.63. The number of hydrogen-bond acceptors (Lipinski definition) is 5. The molecule has 180 valence electrons. The Morgan fingerprint density at radius 3 is 2.67 bits per heavy atom. The van der Waals surface area contributed by atoms with E-state index in [9.17, 15) is 9.59 Å². The molecule has 1 saturated heterocycles. The largest absolute Gasteiger partial charge is 0.379 e. The highest BCUT2D eigenvalue weighted by Crippen LogP contribution is 2.35. The number of benzene rings is 1. The second-order valence-electron chi connectivity index (χ2n) is 9.35. The summed E-state index contributed by atoms with van der Waals surface area (Å²) in [6.07, 6.45) is 7.55. The number of para-hydroxylation sites is 1. The summed E-state index contributed by atoms with van der Waals surface area (Å²) < 4.78 is 7.31. The standard InChI is InChI=1S/C26H38N4O3/c1-2-3-4-7-14-29(16-15-28-17-19-33-20-18-28)25(31)13-12-24-27-23-9-6-5-8-22(23)26(32)30(24)21-10-11-21/h5-6,8-9,21H,2-4,7,10-20H2,1H3. The molecule has 2 aromatic rings. The Kier molecular flexibility index (Phi) is 8.51. The van der Waals surface area contributed by atoms with Gasteiger partial charge in [0, 0.05) is 51.6 Å². The minimum Gasteiger partial charge on any atom is -0.379 e. The monoisotopic (exact) mass is 454 g/mol. The van der Waals surface area contributed by atoms with Crippen molar-refractivity contribution in [1.29, 1.82) is 0 Å². The molecule has 0 radical (unpaired) electrons. The molecule has 2 aliphatic rings. The molecule has 4 rings (SSSR count). The summed E-state index contributed by atoms with van der Waals surface area (Å²) >= 11 is 0. The molecule has 0 unspecified atom stereocenters. The van der Waals surface area contributed by atoms with Gasteiger partial charge in [0.1, 0.15) is 5.82 Å². The van der Waals surface area contributed by atoms with Crippen LogP contribution in [0.4, 0.5) is 0 Å². The van der Waals surface area contributed by atoms with E-state index in [1.165, 1.54) is 12.8 Å². The summed E-state index contributed by atoms with van der Waals surface area (Å²) in [5, 5.41) is 0.669. The van der Waals surface area contributed by atoms with Gasteiger partial charge < -0.3 is 9.64 Å². The Labute approximate surface area is 196 Å². The van der Waals surface area contributed by atoms with Gasteiger partial charge in [-0.05, 0) is 31.4 Å². The van der Waals surface area contributed by atoms with Crippen LogP contribution in [-0.2, 0) is 16.0 Å². The Morgan fingerprint density at radius 2 is 1.91 bits per heavy atom. The van der Waals surface area contributed by atoms with Crippen LogP contribution in [-0.4, -0.2) is 71.2 Å². The van der Waals surface area contributed by atoms with E-state index in [2.05, 4.69) is 11.8 Å². The first-order valence-electron chi connectivity index (χ1n) is 12.8. The molecular weight excluding hydrogens is 416 g/mol. The number of rotatable bonds is 12. The lowest BCUT2D eigenvalue weighted by Crippen LogP contribution is -2.43. The molecular formula is C26H38N4O3. The van der Waals surface area contributed by atoms with Gasteiger partial charge in [-0.1, -0.05) is 38.3 Å². The average molecular weight is 455 g/mol. The number of fused-ring (bicyclic) bond motifs is 1. The molecule has 1 aliphatic heterocycles. The quantitative estimate of drug-likeness (QED) is 0.460. The third-order valence-corrected chi connectivity index (χ3v) is 6.78. The molecule has 0 N–H and O–H groups in total. The van der Waals surface area contributed by atoms with Crippen LogP contribution >= 0.6 is 0 Å². The lowest BCUT2D eigenvalue weighted by molar-refractivity contribution is -0.131. The van der Waals surface area contributed by atoms with Crippen LogP contribution in [0.2, 0.25) is 0 Å². The summed E-state index contributed by atoms with van der Waals surface area (Å²) in [5.41, 5.74) is 0.764. The number of carbonyl (C=O) groups excluding carboxylic acids is 1. The minimum absolute atomic E-state index is 0.0364. The maximum atomic E-state index is 13.3. The molecule has 1 amide bonds. The zero-order valence-electron chi connectivity index (χ0n) is 20.0. The van der Waals surface area contributed by atoms with E-state index >= 15 is 0 Å². The number of amides is 1. The van der Waals surface area contributed by atoms with Crippen LogP contribution in [0.25, 0.3) is 10.9 Å². The van der Waals surface area contributed by atoms with Crippen LogP contribution < -0.4 is 5.56 Å². The summed E-state index contributed by atoms with van der Waals surface area (Å²) in [6.45, 7) is 8.09. The van der Waals surface area contributed by atoms with Crippen molar-refractivity contribution in [3.05, 3.63) is 40.4 Å². The number of ether oxygens (including phenoxy) is 1. The summed E-state index contributed by atoms with van der Waals surface area (Å²) in [4.78, 5) is 35.6. The van der Waals surface area contributed by atoms with E-state index in [0.717, 1.165) is 83.0 Å². The minimum atomic E-state index is 0.0364. The maximum Gasteiger partial charge on any atom is 0.261 e. The van der Waals surface area contributed by atoms with Crippen molar-refractivity contribution in [1.82, 2.24) is 19.4 Å². The van der Waals surface area contributed by atoms with E-state index in [4.69, 9.17) is 9.72 Å². The molecule has 1 aromatic heterocycles. The fraction of sp³-hybridized carbons (Fsp3) is 0.654. The van der Waals surface area contributed by atoms with E-state index in [1.807, 2.05) is 33.7 Å². The van der Waals surface area contributed by atoms with Gasteiger partial charge in [0.25, 0.3) is 5.56 Å². The zero-order chi connectivity index (χ0) is 23.0. The predicted octanol–water partition coefficient (Wildman–Crippen LogP) is 3.41. The number of hydrogen-bond donors (Lipinski definition) is 0. The van der Waals surface area contributed by atoms with E-state index < -0.39 is 0 Å². The summed E-state index contributed by atoms with van der Waals surface area (Å²) in [5.74, 6) is 0.929. The van der Waals surface area contributed by atoms with E-state index in [1.54, 1.807) is 0 Å². The molecule has 0 atom stereocenters. The molecule has 1 aliphatic carbocycles. The molecule has 0 spiro atoms. The lowest BCUT2D eigenvalue weighted by Gasteiger charge is -2.30. The van der Waals surface area contributed by atoms with Gasteiger partial charge in [-0.15, -0.1) is 0 Å². The number of unbranched alkanes of at least 4 members (excludes halogenated alkanes) is 3. The average Bonchev–Trinajstić information content (AvgIpc) is 3.68. The Hall–Kier alpha value is -2.25. The summed E-state index contributed by atoms with van der Waals surface area (Å²) in [6, 6.07) is 7.78. The lowest BCUT2D eigenvalue weighted by atomic mass is 10.1. The van der Waals surface area contributed by atoms with E-state index in [-0.39, 0.29) is 17.5 Å². The number of carbonyl (C=O) groups is 1. The highest BCUT2D eigenvalue weighted by molar-refractivity contribution is 5.78. The highest BCUT2D eigenvalue weighted by atomic mass is 16.5. The normalized spacial score (nSPS) is 16.9. The van der Waals surface area contributed by atoms with Crippen LogP contribution in [0.5, 0.6) is 0 Å². The fourth-order valence-electron chi connectivity index (χ4n) is 4.63. The van der Waals surface area contributed by atoms with Crippen molar-refractivity contribution in [3.8, 4) is 0 Å². The Morgan fingerprint density at radius 1 is 1.12 bits per heavy atom. The van der Waals surface area contributed by atoms with Gasteiger partial charge in [-0.2, -0.15) is 0 Å². The van der Waals surface area contributed by atoms with Crippen molar-refractivity contribution in [3.63, 3.8) is 0 Å². The summed E-state index contributed by atoms with van der Waals surface area (Å²) in [7, 11) is 0. The first-order valence-corrected chi connectivity index (χ1v) is 12.8. The van der Waals surface area contributed by atoms with Gasteiger partial charge in [-0.3, -0.25) is 19.1 Å². The third kappa shape index (κ3) is 6.42. The zero-order valence-corrected chi connectivity index (χ0v) is 20.0. The van der Waals surface area contributed by atoms with Crippen molar-refractivity contribution in [2.75, 3.05) is 45.9 Å². The van der Waals surface area contributed by atoms with Crippen molar-refractivity contribution < 1.29 is 9.53 Å². The maximum absolute atomic E-state index is 13.3. The smallest absolute Gasteiger partial charge is 0.261 e. The van der Waals surface area contributed by atoms with Crippen LogP contribution in [0.15, 0.2) is 29.1 Å². The number of aromatic nitrogens is 2. The van der Waals surface area contributed by atoms with Gasteiger partial charge in [0.15, 0.2) is 0 Å². The van der Waals surface area contributed by atoms with Gasteiger partial charge in [0.2, 0.25) is 5.91 Å². The molecule has 1 saturated carbocycles. The highest BCUT2D eigenvalue weighted by Gasteiger charge is 2.28. The first kappa shape index (κ1) is 23.9. The number of nitrogens with zero attached hydrogens (tertiary/aromatic N) is 4. The number of aryl methyl sites for hydroxylation is 1. The second kappa shape index (κ2) is 11.7. The SMILES string of the molecule is CCCCCCN(CCN1CCOCC1)C(=O)CCc1nc2ccccc2c(=O)n1C1CC1. The molecule has 33 heavy (non-hydrogen) atoms. The van der Waals surface area contributed by atoms with E-state index in [0.29, 0.717) is 18.2 Å². The van der Waals surface area contributed by atoms with Crippen LogP contribution in [0.1, 0.15) is 63.7 Å². The van der Waals surface area contributed by atoms with Crippen molar-refractivity contribution in [2.45, 2.75) is 64.3 Å². The van der Waals surface area contributed by atoms with Crippen molar-refractivity contribution in [2.24, 2.45) is 0 Å². The molecule has 7 nitrogen and oxygen atoms in total. The van der Waals surface area contributed by atoms with Gasteiger partial charge in [0.05, 0.1) is 24.1 Å². The molecule has 2 heterocycles. The van der Waals surface area contributed by atoms with Gasteiger partial charge in [-0.25, -0.2) is 4.98 Å². The van der Waals surface area contributed by atoms with Crippen LogP contribution in [0, 0.1) is 0 Å². The predicted molar refractivity (Wildman–Crippen MR) is 131 cm³/mol. The molecule has 1 aromatic carbocycles. The first-order chi connectivity index (χ1) is 16.2. The molecule has 0 bridgehead atoms. The topological polar surface area (TPSA) is 67.7 Å².